The third-order valence-electron chi connectivity index (χ3n) is 1.95. The summed E-state index contributed by atoms with van der Waals surface area (Å²) in [6, 6.07) is 0. The van der Waals surface area contributed by atoms with Crippen molar-refractivity contribution in [3.05, 3.63) is 17.5 Å². The molecule has 1 aliphatic heterocycles. The average Bonchev–Trinajstić information content (AvgIpc) is 2.52. The molecule has 1 aliphatic rings. The molecular formula is C7H10N4O. The van der Waals surface area contributed by atoms with E-state index in [1.807, 2.05) is 0 Å². The maximum atomic E-state index is 10.6. The molecule has 1 aromatic heterocycles. The van der Waals surface area contributed by atoms with Crippen molar-refractivity contribution in [1.29, 1.82) is 0 Å². The molecule has 0 aliphatic carbocycles. The molecule has 0 spiro atoms. The van der Waals surface area contributed by atoms with E-state index in [9.17, 15) is 4.79 Å². The molecule has 5 nitrogen and oxygen atoms in total. The Morgan fingerprint density at radius 2 is 2.58 bits per heavy atom. The first kappa shape index (κ1) is 7.30. The van der Waals surface area contributed by atoms with Crippen molar-refractivity contribution in [3.63, 3.8) is 0 Å². The predicted octanol–water partition coefficient (Wildman–Crippen LogP) is -1.03. The number of aromatic nitrogens is 2. The molecule has 64 valence electrons. The molecule has 3 N–H and O–H groups in total. The van der Waals surface area contributed by atoms with Crippen LogP contribution in [-0.4, -0.2) is 15.7 Å². The highest BCUT2D eigenvalue weighted by atomic mass is 16.1. The number of carbonyl (C=O) groups excluding carboxylic acids is 1. The zero-order chi connectivity index (χ0) is 8.55. The lowest BCUT2D eigenvalue weighted by atomic mass is 10.3. The van der Waals surface area contributed by atoms with Gasteiger partial charge in [0.15, 0.2) is 0 Å². The van der Waals surface area contributed by atoms with E-state index in [0.717, 1.165) is 24.3 Å². The van der Waals surface area contributed by atoms with Gasteiger partial charge in [0.2, 0.25) is 5.91 Å². The van der Waals surface area contributed by atoms with Gasteiger partial charge in [-0.05, 0) is 0 Å². The smallest absolute Gasteiger partial charge is 0.239 e. The lowest BCUT2D eigenvalue weighted by Crippen LogP contribution is -2.21. The summed E-state index contributed by atoms with van der Waals surface area (Å²) in [5.74, 6) is -0.354. The number of amides is 1. The third-order valence-corrected chi connectivity index (χ3v) is 1.95. The Kier molecular flexibility index (Phi) is 1.58. The van der Waals surface area contributed by atoms with Gasteiger partial charge in [0.05, 0.1) is 11.9 Å². The highest BCUT2D eigenvalue weighted by Gasteiger charge is 2.16. The zero-order valence-corrected chi connectivity index (χ0v) is 6.58. The molecule has 0 fully saturated rings. The fraction of sp³-hybridized carbons (Fsp3) is 0.429. The molecule has 1 amide bonds. The molecule has 0 saturated heterocycles. The fourth-order valence-electron chi connectivity index (χ4n) is 1.40. The van der Waals surface area contributed by atoms with Crippen molar-refractivity contribution in [1.82, 2.24) is 15.1 Å². The minimum Gasteiger partial charge on any atom is -0.368 e. The standard InChI is InChI=1S/C7H10N4O/c8-7(12)4-11-6-3-9-1-5(6)2-10-11/h2,9H,1,3-4H2,(H2,8,12). The number of hydrogen-bond acceptors (Lipinski definition) is 3. The number of nitrogens with two attached hydrogens (primary N) is 1. The summed E-state index contributed by atoms with van der Waals surface area (Å²) in [7, 11) is 0. The summed E-state index contributed by atoms with van der Waals surface area (Å²) in [4.78, 5) is 10.6. The maximum absolute atomic E-state index is 10.6. The molecule has 0 atom stereocenters. The molecule has 12 heavy (non-hydrogen) atoms. The van der Waals surface area contributed by atoms with Crippen LogP contribution in [0.15, 0.2) is 6.20 Å². The van der Waals surface area contributed by atoms with Crippen molar-refractivity contribution in [2.75, 3.05) is 0 Å². The van der Waals surface area contributed by atoms with Crippen LogP contribution in [0, 0.1) is 0 Å². The molecule has 2 heterocycles. The number of rotatable bonds is 2. The lowest BCUT2D eigenvalue weighted by molar-refractivity contribution is -0.118. The van der Waals surface area contributed by atoms with E-state index in [2.05, 4.69) is 10.4 Å². The number of nitrogens with zero attached hydrogens (tertiary/aromatic N) is 2. The second-order valence-electron chi connectivity index (χ2n) is 2.84. The number of hydrogen-bond donors (Lipinski definition) is 2. The second-order valence-corrected chi connectivity index (χ2v) is 2.84. The molecule has 1 aromatic rings. The van der Waals surface area contributed by atoms with Gasteiger partial charge < -0.3 is 11.1 Å². The number of fused-ring (bicyclic) bond motifs is 1. The van der Waals surface area contributed by atoms with Crippen LogP contribution in [0.25, 0.3) is 0 Å². The summed E-state index contributed by atoms with van der Waals surface area (Å²) in [6.45, 7) is 1.80. The van der Waals surface area contributed by atoms with E-state index in [1.165, 1.54) is 0 Å². The first-order chi connectivity index (χ1) is 5.77. The molecule has 2 rings (SSSR count). The summed E-state index contributed by atoms with van der Waals surface area (Å²) in [5, 5.41) is 7.22. The van der Waals surface area contributed by atoms with Crippen molar-refractivity contribution in [2.45, 2.75) is 19.6 Å². The van der Waals surface area contributed by atoms with Gasteiger partial charge >= 0.3 is 0 Å². The Morgan fingerprint density at radius 1 is 1.75 bits per heavy atom. The number of carbonyl (C=O) groups is 1. The van der Waals surface area contributed by atoms with E-state index in [1.54, 1.807) is 10.9 Å². The monoisotopic (exact) mass is 166 g/mol. The topological polar surface area (TPSA) is 72.9 Å². The largest absolute Gasteiger partial charge is 0.368 e. The molecule has 5 heteroatoms. The highest BCUT2D eigenvalue weighted by molar-refractivity contribution is 5.73. The van der Waals surface area contributed by atoms with Gasteiger partial charge in [-0.1, -0.05) is 0 Å². The van der Waals surface area contributed by atoms with Crippen LogP contribution < -0.4 is 11.1 Å². The summed E-state index contributed by atoms with van der Waals surface area (Å²) >= 11 is 0. The van der Waals surface area contributed by atoms with Crippen molar-refractivity contribution in [2.24, 2.45) is 5.73 Å². The minimum atomic E-state index is -0.354. The highest BCUT2D eigenvalue weighted by Crippen LogP contribution is 2.13. The van der Waals surface area contributed by atoms with E-state index >= 15 is 0 Å². The molecule has 0 unspecified atom stereocenters. The predicted molar refractivity (Wildman–Crippen MR) is 42.0 cm³/mol. The van der Waals surface area contributed by atoms with Crippen LogP contribution in [0.1, 0.15) is 11.3 Å². The SMILES string of the molecule is NC(=O)Cn1ncc2c1CNC2. The van der Waals surface area contributed by atoms with E-state index in [4.69, 9.17) is 5.73 Å². The van der Waals surface area contributed by atoms with E-state index in [-0.39, 0.29) is 12.5 Å². The Bertz CT molecular complexity index is 317. The van der Waals surface area contributed by atoms with Crippen molar-refractivity contribution < 1.29 is 4.79 Å². The van der Waals surface area contributed by atoms with Crippen LogP contribution in [-0.2, 0) is 24.4 Å². The van der Waals surface area contributed by atoms with Crippen molar-refractivity contribution >= 4 is 5.91 Å². The number of nitrogens with one attached hydrogen (secondary N) is 1. The van der Waals surface area contributed by atoms with Crippen LogP contribution in [0.3, 0.4) is 0 Å². The zero-order valence-electron chi connectivity index (χ0n) is 6.58. The first-order valence-electron chi connectivity index (χ1n) is 3.80. The summed E-state index contributed by atoms with van der Waals surface area (Å²) < 4.78 is 1.65. The Morgan fingerprint density at radius 3 is 3.33 bits per heavy atom. The van der Waals surface area contributed by atoms with Gasteiger partial charge in [-0.15, -0.1) is 0 Å². The average molecular weight is 166 g/mol. The molecule has 0 radical (unpaired) electrons. The van der Waals surface area contributed by atoms with Gasteiger partial charge in [0.1, 0.15) is 6.54 Å². The van der Waals surface area contributed by atoms with Gasteiger partial charge in [-0.3, -0.25) is 9.48 Å². The van der Waals surface area contributed by atoms with E-state index in [0.29, 0.717) is 0 Å². The van der Waals surface area contributed by atoms with Gasteiger partial charge in [-0.25, -0.2) is 0 Å². The van der Waals surface area contributed by atoms with Crippen LogP contribution in [0.4, 0.5) is 0 Å². The van der Waals surface area contributed by atoms with Crippen LogP contribution >= 0.6 is 0 Å². The first-order valence-corrected chi connectivity index (χ1v) is 3.80. The van der Waals surface area contributed by atoms with Crippen LogP contribution in [0.2, 0.25) is 0 Å². The molecule has 0 bridgehead atoms. The lowest BCUT2D eigenvalue weighted by Gasteiger charge is -2.00. The molecular weight excluding hydrogens is 156 g/mol. The summed E-state index contributed by atoms with van der Waals surface area (Å²) in [6.07, 6.45) is 1.78. The summed E-state index contributed by atoms with van der Waals surface area (Å²) in [5.41, 5.74) is 7.30. The number of primary amides is 1. The Labute approximate surface area is 69.5 Å². The Hall–Kier alpha value is -1.36. The molecule has 0 aromatic carbocycles. The third kappa shape index (κ3) is 1.08. The van der Waals surface area contributed by atoms with Crippen molar-refractivity contribution in [3.8, 4) is 0 Å². The van der Waals surface area contributed by atoms with Gasteiger partial charge in [0, 0.05) is 18.7 Å². The Balaban J connectivity index is 2.27. The van der Waals surface area contributed by atoms with E-state index < -0.39 is 0 Å². The van der Waals surface area contributed by atoms with Gasteiger partial charge in [0.25, 0.3) is 0 Å². The van der Waals surface area contributed by atoms with Crippen LogP contribution in [0.5, 0.6) is 0 Å². The van der Waals surface area contributed by atoms with Gasteiger partial charge in [-0.2, -0.15) is 5.10 Å². The normalized spacial score (nSPS) is 14.7. The second kappa shape index (κ2) is 2.60. The minimum absolute atomic E-state index is 0.178. The maximum Gasteiger partial charge on any atom is 0.239 e. The quantitative estimate of drug-likeness (QED) is 0.590. The fourth-order valence-corrected chi connectivity index (χ4v) is 1.40. The molecule has 0 saturated carbocycles.